The van der Waals surface area contributed by atoms with Gasteiger partial charge >= 0.3 is 11.9 Å². The van der Waals surface area contributed by atoms with Crippen LogP contribution in [0.15, 0.2) is 68.1 Å². The molecule has 0 radical (unpaired) electrons. The van der Waals surface area contributed by atoms with Crippen molar-refractivity contribution in [2.45, 2.75) is 37.5 Å². The van der Waals surface area contributed by atoms with Gasteiger partial charge in [-0.15, -0.1) is 0 Å². The largest absolute Gasteiger partial charge is 0.462 e. The third-order valence-corrected chi connectivity index (χ3v) is 7.36. The van der Waals surface area contributed by atoms with Crippen LogP contribution in [-0.4, -0.2) is 33.6 Å². The first kappa shape index (κ1) is 23.7. The fourth-order valence-electron chi connectivity index (χ4n) is 2.45. The first-order valence-corrected chi connectivity index (χ1v) is 11.7. The normalized spacial score (nSPS) is 12.5. The predicted octanol–water partition coefficient (Wildman–Crippen LogP) is 3.56. The molecule has 0 amide bonds. The molecular weight excluding hydrogens is 424 g/mol. The van der Waals surface area contributed by atoms with Crippen molar-refractivity contribution in [3.05, 3.63) is 69.5 Å². The molecule has 0 bridgehead atoms. The molecule has 0 heterocycles. The lowest BCUT2D eigenvalue weighted by atomic mass is 10.2. The molecule has 2 aromatic carbocycles. The number of aryl methyl sites for hydroxylation is 2. The molecule has 0 fully saturated rings. The highest BCUT2D eigenvalue weighted by atomic mass is 32.2. The number of ether oxygens (including phenoxy) is 2. The summed E-state index contributed by atoms with van der Waals surface area (Å²) in [7, 11) is -4.13. The Labute approximate surface area is 181 Å². The highest BCUT2D eigenvalue weighted by Gasteiger charge is 2.34. The van der Waals surface area contributed by atoms with Crippen LogP contribution in [0.1, 0.15) is 25.0 Å². The average Bonchev–Trinajstić information content (AvgIpc) is 2.72. The number of hydrogen-bond donors (Lipinski definition) is 0. The Kier molecular flexibility index (Phi) is 8.68. The number of benzene rings is 2. The van der Waals surface area contributed by atoms with Crippen LogP contribution in [0, 0.1) is 13.8 Å². The van der Waals surface area contributed by atoms with E-state index in [9.17, 15) is 18.0 Å². The van der Waals surface area contributed by atoms with Crippen LogP contribution in [-0.2, 0) is 40.7 Å². The van der Waals surface area contributed by atoms with Crippen molar-refractivity contribution in [1.29, 1.82) is 0 Å². The van der Waals surface area contributed by atoms with Crippen LogP contribution < -0.4 is 0 Å². The summed E-state index contributed by atoms with van der Waals surface area (Å²) in [6.45, 7) is 6.88. The minimum atomic E-state index is -2.07. The fourth-order valence-corrected chi connectivity index (χ4v) is 5.47. The summed E-state index contributed by atoms with van der Waals surface area (Å²) in [4.78, 5) is 25.9. The third-order valence-electron chi connectivity index (χ3n) is 3.97. The summed E-state index contributed by atoms with van der Waals surface area (Å²) < 4.78 is 36.5. The van der Waals surface area contributed by atoms with Crippen LogP contribution in [0.3, 0.4) is 0 Å². The van der Waals surface area contributed by atoms with E-state index in [0.717, 1.165) is 11.1 Å². The number of rotatable bonds is 8. The SMILES string of the molecule is CCOC(=O)C(C(=O)OCC)=C(S(=O)c1ccc(C)cc1)S(=O)c1ccc(C)cc1. The van der Waals surface area contributed by atoms with Crippen molar-refractivity contribution in [1.82, 2.24) is 0 Å². The van der Waals surface area contributed by atoms with Crippen LogP contribution in [0.2, 0.25) is 0 Å². The van der Waals surface area contributed by atoms with Gasteiger partial charge in [-0.3, -0.25) is 0 Å². The molecule has 0 saturated heterocycles. The zero-order chi connectivity index (χ0) is 22.3. The van der Waals surface area contributed by atoms with E-state index in [1.807, 2.05) is 13.8 Å². The Balaban J connectivity index is 2.74. The van der Waals surface area contributed by atoms with Crippen molar-refractivity contribution in [3.63, 3.8) is 0 Å². The average molecular weight is 449 g/mol. The lowest BCUT2D eigenvalue weighted by molar-refractivity contribution is -0.146. The van der Waals surface area contributed by atoms with Crippen molar-refractivity contribution in [2.75, 3.05) is 13.2 Å². The lowest BCUT2D eigenvalue weighted by Crippen LogP contribution is -2.23. The highest BCUT2D eigenvalue weighted by molar-refractivity contribution is 8.08. The Morgan fingerprint density at radius 2 is 1.03 bits per heavy atom. The third kappa shape index (κ3) is 5.73. The smallest absolute Gasteiger partial charge is 0.347 e. The second kappa shape index (κ2) is 11.0. The molecule has 2 aromatic rings. The van der Waals surface area contributed by atoms with Gasteiger partial charge in [-0.2, -0.15) is 0 Å². The van der Waals surface area contributed by atoms with E-state index in [-0.39, 0.29) is 17.5 Å². The molecule has 0 N–H and O–H groups in total. The van der Waals surface area contributed by atoms with Gasteiger partial charge in [0.25, 0.3) is 0 Å². The van der Waals surface area contributed by atoms with Gasteiger partial charge in [0.2, 0.25) is 0 Å². The molecule has 8 heteroatoms. The van der Waals surface area contributed by atoms with Gasteiger partial charge in [-0.05, 0) is 52.0 Å². The van der Waals surface area contributed by atoms with Gasteiger partial charge in [0.1, 0.15) is 4.24 Å². The van der Waals surface area contributed by atoms with Gasteiger partial charge in [-0.1, -0.05) is 35.4 Å². The lowest BCUT2D eigenvalue weighted by Gasteiger charge is -2.14. The molecule has 0 aliphatic rings. The second-order valence-electron chi connectivity index (χ2n) is 6.27. The van der Waals surface area contributed by atoms with Gasteiger partial charge in [0.15, 0.2) is 5.57 Å². The minimum absolute atomic E-state index is 0.0106. The topological polar surface area (TPSA) is 86.7 Å². The number of esters is 2. The van der Waals surface area contributed by atoms with Gasteiger partial charge in [-0.25, -0.2) is 18.0 Å². The summed E-state index contributed by atoms with van der Waals surface area (Å²) >= 11 is 0. The maximum atomic E-state index is 13.4. The Hall–Kier alpha value is -2.58. The van der Waals surface area contributed by atoms with E-state index in [2.05, 4.69) is 0 Å². The van der Waals surface area contributed by atoms with Crippen LogP contribution >= 0.6 is 0 Å². The monoisotopic (exact) mass is 448 g/mol. The van der Waals surface area contributed by atoms with E-state index in [4.69, 9.17) is 9.47 Å². The first-order valence-electron chi connectivity index (χ1n) is 9.35. The molecule has 0 aliphatic heterocycles. The Morgan fingerprint density at radius 3 is 1.33 bits per heavy atom. The number of carbonyl (C=O) groups is 2. The molecule has 30 heavy (non-hydrogen) atoms. The molecule has 0 aliphatic carbocycles. The molecule has 0 spiro atoms. The second-order valence-corrected chi connectivity index (χ2v) is 9.36. The molecule has 0 saturated carbocycles. The maximum absolute atomic E-state index is 13.4. The summed E-state index contributed by atoms with van der Waals surface area (Å²) in [6.07, 6.45) is 0. The molecule has 0 aromatic heterocycles. The van der Waals surface area contributed by atoms with E-state index in [0.29, 0.717) is 9.79 Å². The number of hydrogen-bond acceptors (Lipinski definition) is 6. The zero-order valence-corrected chi connectivity index (χ0v) is 18.9. The minimum Gasteiger partial charge on any atom is -0.462 e. The number of carbonyl (C=O) groups excluding carboxylic acids is 2. The standard InChI is InChI=1S/C22H24O6S2/c1-5-27-20(23)19(21(24)28-6-2)22(29(25)17-11-7-15(3)8-12-17)30(26)18-13-9-16(4)10-14-18/h7-14H,5-6H2,1-4H3. The molecule has 2 atom stereocenters. The maximum Gasteiger partial charge on any atom is 0.347 e. The van der Waals surface area contributed by atoms with E-state index in [1.54, 1.807) is 62.4 Å². The zero-order valence-electron chi connectivity index (χ0n) is 17.3. The summed E-state index contributed by atoms with van der Waals surface area (Å²) in [6, 6.07) is 13.4. The molecule has 160 valence electrons. The van der Waals surface area contributed by atoms with Crippen molar-refractivity contribution < 1.29 is 27.5 Å². The van der Waals surface area contributed by atoms with Gasteiger partial charge in [0, 0.05) is 9.79 Å². The molecule has 2 rings (SSSR count). The van der Waals surface area contributed by atoms with Crippen molar-refractivity contribution in [3.8, 4) is 0 Å². The van der Waals surface area contributed by atoms with Crippen LogP contribution in [0.25, 0.3) is 0 Å². The van der Waals surface area contributed by atoms with Crippen LogP contribution in [0.4, 0.5) is 0 Å². The Bertz CT molecular complexity index is 912. The summed E-state index contributed by atoms with van der Waals surface area (Å²) in [5, 5.41) is 0. The van der Waals surface area contributed by atoms with Gasteiger partial charge < -0.3 is 9.47 Å². The predicted molar refractivity (Wildman–Crippen MR) is 115 cm³/mol. The quantitative estimate of drug-likeness (QED) is 0.266. The van der Waals surface area contributed by atoms with Crippen molar-refractivity contribution in [2.24, 2.45) is 0 Å². The molecule has 6 nitrogen and oxygen atoms in total. The molecular formula is C22H24O6S2. The first-order chi connectivity index (χ1) is 14.3. The highest BCUT2D eigenvalue weighted by Crippen LogP contribution is 2.27. The molecule has 2 unspecified atom stereocenters. The van der Waals surface area contributed by atoms with E-state index < -0.39 is 39.1 Å². The fraction of sp³-hybridized carbons (Fsp3) is 0.273. The Morgan fingerprint density at radius 1 is 0.700 bits per heavy atom. The summed E-state index contributed by atoms with van der Waals surface area (Å²) in [5.41, 5.74) is 1.28. The van der Waals surface area contributed by atoms with Crippen LogP contribution in [0.5, 0.6) is 0 Å². The summed E-state index contributed by atoms with van der Waals surface area (Å²) in [5.74, 6) is -2.04. The van der Waals surface area contributed by atoms with Crippen molar-refractivity contribution >= 4 is 33.5 Å². The van der Waals surface area contributed by atoms with E-state index in [1.165, 1.54) is 0 Å². The van der Waals surface area contributed by atoms with E-state index >= 15 is 0 Å². The van der Waals surface area contributed by atoms with Gasteiger partial charge in [0.05, 0.1) is 34.8 Å².